The molecule has 10 heteroatoms. The molecule has 3 aromatic carbocycles. The Morgan fingerprint density at radius 1 is 0.957 bits per heavy atom. The zero-order valence-corrected chi connectivity index (χ0v) is 27.7. The lowest BCUT2D eigenvalue weighted by Crippen LogP contribution is -2.29. The SMILES string of the molecule is CCCCOc1ccc(/C(O)=C2\C(=O)C(=O)N(c3nc(C)c(C(=O)OCC(C)C)s3)C2c2ccc(OCc3ccccc3)cc2)cc1. The number of aliphatic hydroxyl groups excluding tert-OH is 1. The van der Waals surface area contributed by atoms with Gasteiger partial charge in [-0.15, -0.1) is 0 Å². The zero-order chi connectivity index (χ0) is 33.5. The van der Waals surface area contributed by atoms with Crippen LogP contribution in [0.2, 0.25) is 0 Å². The first-order valence-corrected chi connectivity index (χ1v) is 16.4. The Morgan fingerprint density at radius 2 is 1.62 bits per heavy atom. The molecule has 5 rings (SSSR count). The Morgan fingerprint density at radius 3 is 2.28 bits per heavy atom. The van der Waals surface area contributed by atoms with Crippen LogP contribution in [0.1, 0.15) is 71.7 Å². The number of nitrogens with zero attached hydrogens (tertiary/aromatic N) is 2. The standard InChI is InChI=1S/C37H38N2O7S/c1-5-6-20-44-28-18-14-27(15-19-28)32(40)30-31(26-12-16-29(17-13-26)45-22-25-10-8-7-9-11-25)39(35(42)33(30)41)37-38-24(4)34(47-37)36(43)46-21-23(2)3/h7-19,23,31,40H,5-6,20-22H2,1-4H3/b32-30+. The molecule has 1 amide bonds. The summed E-state index contributed by atoms with van der Waals surface area (Å²) in [7, 11) is 0. The molecule has 0 saturated carbocycles. The summed E-state index contributed by atoms with van der Waals surface area (Å²) in [6, 6.07) is 22.5. The molecule has 244 valence electrons. The third-order valence-corrected chi connectivity index (χ3v) is 8.64. The van der Waals surface area contributed by atoms with Gasteiger partial charge in [0, 0.05) is 5.56 Å². The van der Waals surface area contributed by atoms with E-state index in [1.807, 2.05) is 44.2 Å². The van der Waals surface area contributed by atoms with Gasteiger partial charge in [-0.1, -0.05) is 81.0 Å². The summed E-state index contributed by atoms with van der Waals surface area (Å²) in [5.41, 5.74) is 2.20. The van der Waals surface area contributed by atoms with E-state index >= 15 is 0 Å². The van der Waals surface area contributed by atoms with E-state index in [2.05, 4.69) is 11.9 Å². The Kier molecular flexibility index (Phi) is 10.7. The number of hydrogen-bond acceptors (Lipinski definition) is 9. The van der Waals surface area contributed by atoms with E-state index in [1.165, 1.54) is 4.90 Å². The maximum Gasteiger partial charge on any atom is 0.350 e. The number of anilines is 1. The number of hydrogen-bond donors (Lipinski definition) is 1. The number of aliphatic hydroxyl groups is 1. The van der Waals surface area contributed by atoms with Crippen molar-refractivity contribution in [2.75, 3.05) is 18.1 Å². The molecule has 0 bridgehead atoms. The number of aryl methyl sites for hydroxylation is 1. The number of ether oxygens (including phenoxy) is 3. The van der Waals surface area contributed by atoms with Crippen molar-refractivity contribution in [3.8, 4) is 11.5 Å². The second-order valence-electron chi connectivity index (χ2n) is 11.6. The number of aromatic nitrogens is 1. The molecule has 47 heavy (non-hydrogen) atoms. The molecule has 1 aliphatic rings. The van der Waals surface area contributed by atoms with Crippen molar-refractivity contribution >= 4 is 39.9 Å². The van der Waals surface area contributed by atoms with Gasteiger partial charge < -0.3 is 19.3 Å². The summed E-state index contributed by atoms with van der Waals surface area (Å²) in [6.45, 7) is 8.76. The van der Waals surface area contributed by atoms with Crippen molar-refractivity contribution in [1.29, 1.82) is 0 Å². The number of rotatable bonds is 13. The summed E-state index contributed by atoms with van der Waals surface area (Å²) in [4.78, 5) is 46.3. The second kappa shape index (κ2) is 15.1. The van der Waals surface area contributed by atoms with E-state index < -0.39 is 23.7 Å². The van der Waals surface area contributed by atoms with Crippen molar-refractivity contribution in [2.24, 2.45) is 5.92 Å². The lowest BCUT2D eigenvalue weighted by molar-refractivity contribution is -0.132. The normalized spacial score (nSPS) is 15.7. The van der Waals surface area contributed by atoms with Gasteiger partial charge >= 0.3 is 11.9 Å². The average molecular weight is 655 g/mol. The van der Waals surface area contributed by atoms with Crippen LogP contribution < -0.4 is 14.4 Å². The monoisotopic (exact) mass is 654 g/mol. The number of unbranched alkanes of at least 4 members (excludes halogenated alkanes) is 1. The highest BCUT2D eigenvalue weighted by Crippen LogP contribution is 2.44. The molecule has 2 heterocycles. The van der Waals surface area contributed by atoms with Crippen LogP contribution in [0.4, 0.5) is 5.13 Å². The number of Topliss-reactive ketones (excluding diaryl/α,β-unsaturated/α-hetero) is 1. The number of benzene rings is 3. The zero-order valence-electron chi connectivity index (χ0n) is 26.9. The molecule has 0 radical (unpaired) electrons. The van der Waals surface area contributed by atoms with Crippen molar-refractivity contribution in [3.63, 3.8) is 0 Å². The summed E-state index contributed by atoms with van der Waals surface area (Å²) < 4.78 is 17.1. The number of carbonyl (C=O) groups excluding carboxylic acids is 3. The summed E-state index contributed by atoms with van der Waals surface area (Å²) in [5, 5.41) is 11.7. The molecule has 9 nitrogen and oxygen atoms in total. The average Bonchev–Trinajstić information content (AvgIpc) is 3.59. The van der Waals surface area contributed by atoms with Gasteiger partial charge in [-0.3, -0.25) is 14.5 Å². The van der Waals surface area contributed by atoms with E-state index in [9.17, 15) is 19.5 Å². The van der Waals surface area contributed by atoms with E-state index in [0.29, 0.717) is 41.5 Å². The molecule has 4 aromatic rings. The van der Waals surface area contributed by atoms with Crippen molar-refractivity contribution in [1.82, 2.24) is 4.98 Å². The van der Waals surface area contributed by atoms with Gasteiger partial charge in [0.1, 0.15) is 28.7 Å². The van der Waals surface area contributed by atoms with Crippen LogP contribution in [0.3, 0.4) is 0 Å². The van der Waals surface area contributed by atoms with Crippen LogP contribution in [0.5, 0.6) is 11.5 Å². The summed E-state index contributed by atoms with van der Waals surface area (Å²) >= 11 is 0.972. The fourth-order valence-corrected chi connectivity index (χ4v) is 6.00. The highest BCUT2D eigenvalue weighted by atomic mass is 32.1. The summed E-state index contributed by atoms with van der Waals surface area (Å²) in [6.07, 6.45) is 1.91. The first kappa shape index (κ1) is 33.4. The second-order valence-corrected chi connectivity index (χ2v) is 12.6. The lowest BCUT2D eigenvalue weighted by Gasteiger charge is -2.23. The molecule has 1 saturated heterocycles. The van der Waals surface area contributed by atoms with Crippen LogP contribution >= 0.6 is 11.3 Å². The van der Waals surface area contributed by atoms with Crippen LogP contribution in [-0.2, 0) is 20.9 Å². The Labute approximate surface area is 278 Å². The van der Waals surface area contributed by atoms with Gasteiger partial charge in [0.15, 0.2) is 5.13 Å². The number of amides is 1. The molecule has 1 atom stereocenters. The van der Waals surface area contributed by atoms with Crippen molar-refractivity contribution in [2.45, 2.75) is 53.2 Å². The molecule has 1 aliphatic heterocycles. The van der Waals surface area contributed by atoms with Gasteiger partial charge in [-0.25, -0.2) is 9.78 Å². The molecule has 1 unspecified atom stereocenters. The predicted octanol–water partition coefficient (Wildman–Crippen LogP) is 7.65. The highest BCUT2D eigenvalue weighted by molar-refractivity contribution is 7.17. The lowest BCUT2D eigenvalue weighted by atomic mass is 9.95. The van der Waals surface area contributed by atoms with Crippen LogP contribution in [0.15, 0.2) is 84.4 Å². The largest absolute Gasteiger partial charge is 0.507 e. The van der Waals surface area contributed by atoms with E-state index in [-0.39, 0.29) is 33.9 Å². The molecule has 1 aromatic heterocycles. The molecule has 0 aliphatic carbocycles. The first-order valence-electron chi connectivity index (χ1n) is 15.6. The minimum absolute atomic E-state index is 0.0932. The topological polar surface area (TPSA) is 115 Å². The third-order valence-electron chi connectivity index (χ3n) is 7.51. The maximum atomic E-state index is 13.7. The number of carbonyl (C=O) groups is 3. The molecule has 1 fully saturated rings. The fraction of sp³-hybridized carbons (Fsp3) is 0.297. The molecular formula is C37H38N2O7S. The number of thiazole rings is 1. The van der Waals surface area contributed by atoms with Gasteiger partial charge in [0.25, 0.3) is 5.78 Å². The Bertz CT molecular complexity index is 1750. The Balaban J connectivity index is 1.52. The van der Waals surface area contributed by atoms with Crippen molar-refractivity contribution < 1.29 is 33.7 Å². The molecule has 0 spiro atoms. The van der Waals surface area contributed by atoms with Crippen LogP contribution in [0.25, 0.3) is 5.76 Å². The predicted molar refractivity (Wildman–Crippen MR) is 181 cm³/mol. The number of esters is 1. The smallest absolute Gasteiger partial charge is 0.350 e. The minimum Gasteiger partial charge on any atom is -0.507 e. The van der Waals surface area contributed by atoms with Crippen LogP contribution in [0, 0.1) is 12.8 Å². The maximum absolute atomic E-state index is 13.7. The van der Waals surface area contributed by atoms with Crippen molar-refractivity contribution in [3.05, 3.63) is 112 Å². The van der Waals surface area contributed by atoms with Gasteiger partial charge in [0.2, 0.25) is 0 Å². The summed E-state index contributed by atoms with van der Waals surface area (Å²) in [5.74, 6) is -1.24. The number of ketones is 1. The third kappa shape index (κ3) is 7.72. The van der Waals surface area contributed by atoms with Gasteiger partial charge in [0.05, 0.1) is 30.5 Å². The first-order chi connectivity index (χ1) is 22.7. The quantitative estimate of drug-likeness (QED) is 0.0514. The van der Waals surface area contributed by atoms with Crippen LogP contribution in [-0.4, -0.2) is 41.0 Å². The minimum atomic E-state index is -1.02. The van der Waals surface area contributed by atoms with Gasteiger partial charge in [-0.05, 0) is 66.8 Å². The van der Waals surface area contributed by atoms with E-state index in [1.54, 1.807) is 55.5 Å². The van der Waals surface area contributed by atoms with E-state index in [0.717, 1.165) is 29.7 Å². The fourth-order valence-electron chi connectivity index (χ4n) is 5.01. The van der Waals surface area contributed by atoms with E-state index in [4.69, 9.17) is 14.2 Å². The molecular weight excluding hydrogens is 616 g/mol. The Hall–Kier alpha value is -4.96. The highest BCUT2D eigenvalue weighted by Gasteiger charge is 2.48. The molecule has 1 N–H and O–H groups in total. The van der Waals surface area contributed by atoms with Gasteiger partial charge in [-0.2, -0.15) is 0 Å².